The van der Waals surface area contributed by atoms with Crippen molar-refractivity contribution in [2.75, 3.05) is 16.4 Å². The van der Waals surface area contributed by atoms with Crippen molar-refractivity contribution in [3.63, 3.8) is 0 Å². The summed E-state index contributed by atoms with van der Waals surface area (Å²) in [6.45, 7) is 5.75. The van der Waals surface area contributed by atoms with Gasteiger partial charge < -0.3 is 16.4 Å². The van der Waals surface area contributed by atoms with Crippen molar-refractivity contribution in [1.29, 1.82) is 0 Å². The molecule has 0 fully saturated rings. The maximum Gasteiger partial charge on any atom is 0.433 e. The number of nitrogens with zero attached hydrogens (tertiary/aromatic N) is 5. The highest BCUT2D eigenvalue weighted by molar-refractivity contribution is 5.60. The molecule has 11 heteroatoms. The molecule has 0 atom stereocenters. The molecule has 3 heterocycles. The molecule has 0 aliphatic carbocycles. The van der Waals surface area contributed by atoms with Crippen molar-refractivity contribution in [2.45, 2.75) is 32.5 Å². The fourth-order valence-electron chi connectivity index (χ4n) is 2.31. The second-order valence-electron chi connectivity index (χ2n) is 7.18. The van der Waals surface area contributed by atoms with Crippen LogP contribution in [0.4, 0.5) is 36.6 Å². The van der Waals surface area contributed by atoms with Gasteiger partial charge in [-0.3, -0.25) is 4.98 Å². The largest absolute Gasteiger partial charge is 0.433 e. The summed E-state index contributed by atoms with van der Waals surface area (Å²) in [7, 11) is 0. The van der Waals surface area contributed by atoms with Gasteiger partial charge in [0, 0.05) is 17.4 Å². The number of nitrogens with two attached hydrogens (primary N) is 1. The Hall–Kier alpha value is -3.50. The summed E-state index contributed by atoms with van der Waals surface area (Å²) in [6, 6.07) is 7.25. The van der Waals surface area contributed by atoms with Crippen LogP contribution in [0, 0.1) is 0 Å². The molecule has 0 aromatic carbocycles. The molecular formula is C18H19F3N8. The van der Waals surface area contributed by atoms with Gasteiger partial charge >= 0.3 is 6.18 Å². The van der Waals surface area contributed by atoms with Crippen molar-refractivity contribution in [3.05, 3.63) is 42.2 Å². The molecule has 0 bridgehead atoms. The summed E-state index contributed by atoms with van der Waals surface area (Å²) in [5.74, 6) is 0.781. The SMILES string of the molecule is CC(C)(C)Nc1nc(Nc2ccnc(C(F)(F)F)c2)nc(-c2cccc(N)n2)n1. The number of hydrogen-bond donors (Lipinski definition) is 3. The first kappa shape index (κ1) is 20.2. The van der Waals surface area contributed by atoms with Crippen LogP contribution in [-0.4, -0.2) is 30.5 Å². The summed E-state index contributed by atoms with van der Waals surface area (Å²) in [4.78, 5) is 20.4. The van der Waals surface area contributed by atoms with Gasteiger partial charge in [-0.25, -0.2) is 4.98 Å². The molecule has 0 aliphatic rings. The van der Waals surface area contributed by atoms with Crippen LogP contribution in [0.15, 0.2) is 36.5 Å². The summed E-state index contributed by atoms with van der Waals surface area (Å²) in [5, 5.41) is 5.88. The second-order valence-corrected chi connectivity index (χ2v) is 7.18. The average Bonchev–Trinajstić information content (AvgIpc) is 2.59. The minimum Gasteiger partial charge on any atom is -0.384 e. The topological polar surface area (TPSA) is 115 Å². The van der Waals surface area contributed by atoms with E-state index in [1.807, 2.05) is 20.8 Å². The van der Waals surface area contributed by atoms with Crippen LogP contribution >= 0.6 is 0 Å². The van der Waals surface area contributed by atoms with Gasteiger partial charge in [0.1, 0.15) is 17.2 Å². The highest BCUT2D eigenvalue weighted by Crippen LogP contribution is 2.29. The van der Waals surface area contributed by atoms with Crippen LogP contribution in [0.3, 0.4) is 0 Å². The van der Waals surface area contributed by atoms with Crippen molar-refractivity contribution >= 4 is 23.4 Å². The molecule has 3 aromatic rings. The molecule has 4 N–H and O–H groups in total. The fraction of sp³-hybridized carbons (Fsp3) is 0.278. The lowest BCUT2D eigenvalue weighted by Crippen LogP contribution is -2.27. The summed E-state index contributed by atoms with van der Waals surface area (Å²) >= 11 is 0. The maximum absolute atomic E-state index is 12.9. The molecule has 0 radical (unpaired) electrons. The third-order valence-corrected chi connectivity index (χ3v) is 3.43. The fourth-order valence-corrected chi connectivity index (χ4v) is 2.31. The zero-order valence-electron chi connectivity index (χ0n) is 15.9. The van der Waals surface area contributed by atoms with Crippen LogP contribution < -0.4 is 16.4 Å². The van der Waals surface area contributed by atoms with E-state index in [1.54, 1.807) is 18.2 Å². The number of nitrogens with one attached hydrogen (secondary N) is 2. The molecule has 0 saturated heterocycles. The van der Waals surface area contributed by atoms with Crippen LogP contribution in [-0.2, 0) is 6.18 Å². The Kier molecular flexibility index (Phi) is 5.23. The summed E-state index contributed by atoms with van der Waals surface area (Å²) in [6.07, 6.45) is -3.51. The molecule has 0 saturated carbocycles. The van der Waals surface area contributed by atoms with Gasteiger partial charge in [-0.05, 0) is 45.0 Å². The first-order chi connectivity index (χ1) is 13.5. The number of pyridine rings is 2. The Balaban J connectivity index is 2.01. The second kappa shape index (κ2) is 7.49. The van der Waals surface area contributed by atoms with Gasteiger partial charge in [-0.2, -0.15) is 28.1 Å². The van der Waals surface area contributed by atoms with Crippen molar-refractivity contribution < 1.29 is 13.2 Å². The number of rotatable bonds is 4. The number of nitrogen functional groups attached to an aromatic ring is 1. The molecule has 3 rings (SSSR count). The summed E-state index contributed by atoms with van der Waals surface area (Å²) in [5.41, 5.74) is 4.87. The highest BCUT2D eigenvalue weighted by Gasteiger charge is 2.32. The van der Waals surface area contributed by atoms with Gasteiger partial charge in [-0.15, -0.1) is 0 Å². The minimum atomic E-state index is -4.56. The minimum absolute atomic E-state index is 0.0466. The zero-order valence-corrected chi connectivity index (χ0v) is 15.9. The molecule has 0 amide bonds. The predicted molar refractivity (Wildman–Crippen MR) is 103 cm³/mol. The number of halogens is 3. The van der Waals surface area contributed by atoms with E-state index >= 15 is 0 Å². The van der Waals surface area contributed by atoms with E-state index in [4.69, 9.17) is 5.73 Å². The first-order valence-corrected chi connectivity index (χ1v) is 8.57. The molecule has 0 aliphatic heterocycles. The monoisotopic (exact) mass is 404 g/mol. The van der Waals surface area contributed by atoms with E-state index in [1.165, 1.54) is 6.07 Å². The van der Waals surface area contributed by atoms with Gasteiger partial charge in [0.25, 0.3) is 0 Å². The Morgan fingerprint density at radius 2 is 1.66 bits per heavy atom. The van der Waals surface area contributed by atoms with Crippen LogP contribution in [0.25, 0.3) is 11.5 Å². The summed E-state index contributed by atoms with van der Waals surface area (Å²) < 4.78 is 38.8. The van der Waals surface area contributed by atoms with E-state index in [2.05, 4.69) is 35.6 Å². The molecule has 3 aromatic heterocycles. The maximum atomic E-state index is 12.9. The number of alkyl halides is 3. The Labute approximate surface area is 164 Å². The van der Waals surface area contributed by atoms with E-state index in [0.29, 0.717) is 5.69 Å². The van der Waals surface area contributed by atoms with Crippen LogP contribution in [0.1, 0.15) is 26.5 Å². The molecule has 0 unspecified atom stereocenters. The first-order valence-electron chi connectivity index (χ1n) is 8.57. The normalized spacial score (nSPS) is 11.9. The Bertz CT molecular complexity index is 1010. The zero-order chi connectivity index (χ0) is 21.2. The Morgan fingerprint density at radius 1 is 0.931 bits per heavy atom. The van der Waals surface area contributed by atoms with E-state index in [-0.39, 0.29) is 34.8 Å². The number of hydrogen-bond acceptors (Lipinski definition) is 8. The van der Waals surface area contributed by atoms with Crippen molar-refractivity contribution in [1.82, 2.24) is 24.9 Å². The number of anilines is 4. The third kappa shape index (κ3) is 5.50. The lowest BCUT2D eigenvalue weighted by molar-refractivity contribution is -0.141. The molecule has 0 spiro atoms. The van der Waals surface area contributed by atoms with Gasteiger partial charge in [0.2, 0.25) is 11.9 Å². The molecular weight excluding hydrogens is 385 g/mol. The molecule has 8 nitrogen and oxygen atoms in total. The number of aromatic nitrogens is 5. The lowest BCUT2D eigenvalue weighted by atomic mass is 10.1. The van der Waals surface area contributed by atoms with Crippen molar-refractivity contribution in [3.8, 4) is 11.5 Å². The predicted octanol–water partition coefficient (Wildman–Crippen LogP) is 3.88. The van der Waals surface area contributed by atoms with E-state index < -0.39 is 11.9 Å². The quantitative estimate of drug-likeness (QED) is 0.600. The van der Waals surface area contributed by atoms with Gasteiger partial charge in [-0.1, -0.05) is 6.07 Å². The van der Waals surface area contributed by atoms with E-state index in [9.17, 15) is 13.2 Å². The van der Waals surface area contributed by atoms with Gasteiger partial charge in [0.15, 0.2) is 5.82 Å². The van der Waals surface area contributed by atoms with Gasteiger partial charge in [0.05, 0.1) is 0 Å². The Morgan fingerprint density at radius 3 is 2.31 bits per heavy atom. The average molecular weight is 404 g/mol. The highest BCUT2D eigenvalue weighted by atomic mass is 19.4. The van der Waals surface area contributed by atoms with E-state index in [0.717, 1.165) is 12.3 Å². The standard InChI is InChI=1S/C18H19F3N8/c1-17(2,3)29-16-27-14(11-5-4-6-13(22)25-11)26-15(28-16)24-10-7-8-23-12(9-10)18(19,20)21/h4-9H,1-3H3,(H2,22,25)(H2,23,24,26,27,28,29). The third-order valence-electron chi connectivity index (χ3n) is 3.43. The molecule has 152 valence electrons. The van der Waals surface area contributed by atoms with Crippen LogP contribution in [0.2, 0.25) is 0 Å². The molecule has 29 heavy (non-hydrogen) atoms. The lowest BCUT2D eigenvalue weighted by Gasteiger charge is -2.21. The smallest absolute Gasteiger partial charge is 0.384 e. The van der Waals surface area contributed by atoms with Crippen LogP contribution in [0.5, 0.6) is 0 Å². The van der Waals surface area contributed by atoms with Crippen molar-refractivity contribution in [2.24, 2.45) is 0 Å².